The Morgan fingerprint density at radius 3 is 2.91 bits per heavy atom. The molecule has 1 fully saturated rings. The van der Waals surface area contributed by atoms with Crippen molar-refractivity contribution < 1.29 is 0 Å². The highest BCUT2D eigenvalue weighted by atomic mass is 32.2. The van der Waals surface area contributed by atoms with Crippen LogP contribution in [0.4, 0.5) is 0 Å². The van der Waals surface area contributed by atoms with Gasteiger partial charge in [-0.25, -0.2) is 9.36 Å². The second kappa shape index (κ2) is 4.94. The molecule has 4 rings (SSSR count). The number of rotatable bonds is 4. The number of aryl methyl sites for hydroxylation is 1. The zero-order valence-electron chi connectivity index (χ0n) is 12.2. The number of imidazole rings is 1. The summed E-state index contributed by atoms with van der Waals surface area (Å²) in [5.41, 5.74) is 1.71. The summed E-state index contributed by atoms with van der Waals surface area (Å²) < 4.78 is 5.06. The van der Waals surface area contributed by atoms with Crippen LogP contribution >= 0.6 is 23.3 Å². The third-order valence-electron chi connectivity index (χ3n) is 3.78. The van der Waals surface area contributed by atoms with Gasteiger partial charge in [0.25, 0.3) is 0 Å². The van der Waals surface area contributed by atoms with Gasteiger partial charge < -0.3 is 4.98 Å². The molecular weight excluding hydrogens is 318 g/mol. The average molecular weight is 333 g/mol. The van der Waals surface area contributed by atoms with Crippen LogP contribution in [0.2, 0.25) is 0 Å². The Balaban J connectivity index is 1.75. The van der Waals surface area contributed by atoms with E-state index in [1.165, 1.54) is 24.2 Å². The van der Waals surface area contributed by atoms with E-state index in [-0.39, 0.29) is 11.2 Å². The first-order valence-electron chi connectivity index (χ1n) is 7.03. The van der Waals surface area contributed by atoms with Crippen LogP contribution in [-0.4, -0.2) is 25.3 Å². The molecule has 22 heavy (non-hydrogen) atoms. The Hall–Kier alpha value is -1.64. The first kappa shape index (κ1) is 14.0. The maximum Gasteiger partial charge on any atom is 0.332 e. The number of nitrogens with one attached hydrogen (secondary N) is 2. The number of nitrogens with zero attached hydrogens (tertiary/aromatic N) is 3. The molecule has 114 valence electrons. The maximum atomic E-state index is 12.2. The van der Waals surface area contributed by atoms with Gasteiger partial charge in [-0.2, -0.15) is 0 Å². The summed E-state index contributed by atoms with van der Waals surface area (Å²) in [5, 5.41) is 9.51. The van der Waals surface area contributed by atoms with Crippen LogP contribution in [0.25, 0.3) is 16.2 Å². The fourth-order valence-electron chi connectivity index (χ4n) is 2.18. The maximum absolute atomic E-state index is 12.2. The fourth-order valence-corrected chi connectivity index (χ4v) is 3.76. The standard InChI is InChI=1S/C14H15N5OS2/c1-8-16-17-13(21-8)19-11-7-9(22-18-14(2)5-6-14)3-4-10(11)15-12(19)20/h3-4,7,18H,5-6H2,1-2H3,(H,15,20). The van der Waals surface area contributed by atoms with Crippen LogP contribution in [0.1, 0.15) is 24.8 Å². The Bertz CT molecular complexity index is 905. The quantitative estimate of drug-likeness (QED) is 0.718. The van der Waals surface area contributed by atoms with Crippen LogP contribution in [0.15, 0.2) is 27.9 Å². The molecule has 0 spiro atoms. The Kier molecular flexibility index (Phi) is 3.14. The number of aromatic amines is 1. The minimum absolute atomic E-state index is 0.185. The summed E-state index contributed by atoms with van der Waals surface area (Å²) >= 11 is 3.02. The molecule has 0 saturated heterocycles. The molecule has 1 aromatic carbocycles. The highest BCUT2D eigenvalue weighted by Crippen LogP contribution is 2.37. The lowest BCUT2D eigenvalue weighted by Crippen LogP contribution is -2.19. The summed E-state index contributed by atoms with van der Waals surface area (Å²) in [4.78, 5) is 16.2. The normalized spacial score (nSPS) is 16.3. The van der Waals surface area contributed by atoms with E-state index >= 15 is 0 Å². The Labute approximate surface area is 135 Å². The zero-order chi connectivity index (χ0) is 15.3. The van der Waals surface area contributed by atoms with E-state index in [1.807, 2.05) is 25.1 Å². The summed E-state index contributed by atoms with van der Waals surface area (Å²) in [6.45, 7) is 4.09. The van der Waals surface area contributed by atoms with Crippen molar-refractivity contribution in [3.8, 4) is 5.13 Å². The van der Waals surface area contributed by atoms with Gasteiger partial charge in [-0.05, 0) is 56.8 Å². The number of H-pyrrole nitrogens is 1. The fraction of sp³-hybridized carbons (Fsp3) is 0.357. The smallest absolute Gasteiger partial charge is 0.305 e. The molecule has 2 aromatic heterocycles. The molecule has 6 nitrogen and oxygen atoms in total. The molecule has 0 atom stereocenters. The monoisotopic (exact) mass is 333 g/mol. The summed E-state index contributed by atoms with van der Waals surface area (Å²) in [6, 6.07) is 5.95. The second-order valence-electron chi connectivity index (χ2n) is 5.81. The van der Waals surface area contributed by atoms with Gasteiger partial charge in [-0.15, -0.1) is 10.2 Å². The SMILES string of the molecule is Cc1nnc(-n2c(=O)[nH]c3ccc(SNC4(C)CC4)cc32)s1. The zero-order valence-corrected chi connectivity index (χ0v) is 13.8. The molecule has 0 radical (unpaired) electrons. The highest BCUT2D eigenvalue weighted by molar-refractivity contribution is 7.97. The Morgan fingerprint density at radius 1 is 1.41 bits per heavy atom. The highest BCUT2D eigenvalue weighted by Gasteiger charge is 2.37. The number of benzene rings is 1. The van der Waals surface area contributed by atoms with E-state index < -0.39 is 0 Å². The van der Waals surface area contributed by atoms with E-state index in [9.17, 15) is 4.79 Å². The van der Waals surface area contributed by atoms with Gasteiger partial charge >= 0.3 is 5.69 Å². The van der Waals surface area contributed by atoms with Crippen molar-refractivity contribution in [2.45, 2.75) is 37.1 Å². The van der Waals surface area contributed by atoms with Gasteiger partial charge in [0, 0.05) is 10.4 Å². The molecular formula is C14H15N5OS2. The van der Waals surface area contributed by atoms with E-state index in [0.29, 0.717) is 5.13 Å². The third kappa shape index (κ3) is 2.47. The molecule has 8 heteroatoms. The molecule has 2 heterocycles. The van der Waals surface area contributed by atoms with E-state index in [0.717, 1.165) is 20.9 Å². The van der Waals surface area contributed by atoms with Gasteiger partial charge in [-0.3, -0.25) is 4.72 Å². The Morgan fingerprint density at radius 2 is 2.23 bits per heavy atom. The van der Waals surface area contributed by atoms with Crippen LogP contribution in [0.3, 0.4) is 0 Å². The van der Waals surface area contributed by atoms with Crippen molar-refractivity contribution in [2.24, 2.45) is 0 Å². The molecule has 0 aliphatic heterocycles. The minimum Gasteiger partial charge on any atom is -0.305 e. The molecule has 0 unspecified atom stereocenters. The molecule has 1 aliphatic carbocycles. The minimum atomic E-state index is -0.185. The molecule has 0 amide bonds. The van der Waals surface area contributed by atoms with E-state index in [1.54, 1.807) is 16.5 Å². The summed E-state index contributed by atoms with van der Waals surface area (Å²) in [7, 11) is 0. The first-order chi connectivity index (χ1) is 10.5. The van der Waals surface area contributed by atoms with Gasteiger partial charge in [0.05, 0.1) is 11.0 Å². The number of aromatic nitrogens is 4. The van der Waals surface area contributed by atoms with Gasteiger partial charge in [0.1, 0.15) is 5.01 Å². The summed E-state index contributed by atoms with van der Waals surface area (Å²) in [6.07, 6.45) is 2.42. The average Bonchev–Trinajstić information content (AvgIpc) is 2.92. The van der Waals surface area contributed by atoms with Crippen molar-refractivity contribution >= 4 is 34.3 Å². The van der Waals surface area contributed by atoms with Gasteiger partial charge in [-0.1, -0.05) is 11.3 Å². The summed E-state index contributed by atoms with van der Waals surface area (Å²) in [5.74, 6) is 0. The lowest BCUT2D eigenvalue weighted by Gasteiger charge is -2.10. The van der Waals surface area contributed by atoms with Crippen LogP contribution in [0.5, 0.6) is 0 Å². The lowest BCUT2D eigenvalue weighted by molar-refractivity contribution is 0.701. The topological polar surface area (TPSA) is 75.6 Å². The largest absolute Gasteiger partial charge is 0.332 e. The molecule has 0 bridgehead atoms. The van der Waals surface area contributed by atoms with Crippen molar-refractivity contribution in [1.82, 2.24) is 24.5 Å². The molecule has 1 aliphatic rings. The predicted molar refractivity (Wildman–Crippen MR) is 88.7 cm³/mol. The molecule has 2 N–H and O–H groups in total. The number of hydrogen-bond donors (Lipinski definition) is 2. The number of hydrogen-bond acceptors (Lipinski definition) is 6. The van der Waals surface area contributed by atoms with Crippen molar-refractivity contribution in [2.75, 3.05) is 0 Å². The van der Waals surface area contributed by atoms with Crippen molar-refractivity contribution in [3.63, 3.8) is 0 Å². The van der Waals surface area contributed by atoms with E-state index in [4.69, 9.17) is 0 Å². The van der Waals surface area contributed by atoms with Crippen molar-refractivity contribution in [3.05, 3.63) is 33.7 Å². The van der Waals surface area contributed by atoms with Gasteiger partial charge in [0.2, 0.25) is 5.13 Å². The van der Waals surface area contributed by atoms with Crippen LogP contribution < -0.4 is 10.4 Å². The van der Waals surface area contributed by atoms with Crippen molar-refractivity contribution in [1.29, 1.82) is 0 Å². The van der Waals surface area contributed by atoms with Gasteiger partial charge in [0.15, 0.2) is 0 Å². The second-order valence-corrected chi connectivity index (χ2v) is 7.85. The predicted octanol–water partition coefficient (Wildman–Crippen LogP) is 2.63. The number of fused-ring (bicyclic) bond motifs is 1. The molecule has 3 aromatic rings. The first-order valence-corrected chi connectivity index (χ1v) is 8.67. The van der Waals surface area contributed by atoms with Crippen LogP contribution in [-0.2, 0) is 0 Å². The molecule has 1 saturated carbocycles. The van der Waals surface area contributed by atoms with Crippen LogP contribution in [0, 0.1) is 6.92 Å². The third-order valence-corrected chi connectivity index (χ3v) is 5.69. The lowest BCUT2D eigenvalue weighted by atomic mass is 10.3. The van der Waals surface area contributed by atoms with E-state index in [2.05, 4.69) is 26.8 Å².